The summed E-state index contributed by atoms with van der Waals surface area (Å²) in [5, 5.41) is 3.15. The zero-order chi connectivity index (χ0) is 4.12. The molecule has 0 atom stereocenters. The van der Waals surface area contributed by atoms with Gasteiger partial charge in [0.1, 0.15) is 0 Å². The third kappa shape index (κ3) is 28.0. The molecule has 3 nitrogen and oxygen atoms in total. The van der Waals surface area contributed by atoms with Crippen LogP contribution in [-0.4, -0.2) is 6.54 Å². The monoisotopic (exact) mass is 226 g/mol. The summed E-state index contributed by atoms with van der Waals surface area (Å²) in [5.74, 6) is 0. The SMILES string of the molecule is CCN=[N+]=[N-].[CH3-].[V].[Y]. The average molecular weight is 226 g/mol. The molecule has 2 radical (unpaired) electrons. The van der Waals surface area contributed by atoms with Gasteiger partial charge in [0.05, 0.1) is 0 Å². The molecule has 0 bridgehead atoms. The third-order valence-electron chi connectivity index (χ3n) is 0.205. The minimum atomic E-state index is 0. The first-order valence-corrected chi connectivity index (χ1v) is 1.42. The number of rotatable bonds is 1. The molecule has 0 N–H and O–H groups in total. The van der Waals surface area contributed by atoms with E-state index in [1.165, 1.54) is 0 Å². The molecule has 0 aliphatic rings. The van der Waals surface area contributed by atoms with Crippen LogP contribution in [0.25, 0.3) is 10.4 Å². The average Bonchev–Trinajstić information content (AvgIpc) is 1.41. The van der Waals surface area contributed by atoms with Gasteiger partial charge in [-0.1, -0.05) is 12.0 Å². The molecule has 8 heavy (non-hydrogen) atoms. The summed E-state index contributed by atoms with van der Waals surface area (Å²) < 4.78 is 0. The van der Waals surface area contributed by atoms with Crippen LogP contribution < -0.4 is 0 Å². The smallest absolute Gasteiger partial charge is 0.0229 e. The number of nitrogens with zero attached hydrogens (tertiary/aromatic N) is 3. The Balaban J connectivity index is -0.0000000267. The minimum absolute atomic E-state index is 0. The molecular formula is C3H8N3VY-. The van der Waals surface area contributed by atoms with Crippen molar-refractivity contribution in [2.24, 2.45) is 5.11 Å². The first kappa shape index (κ1) is 23.0. The Bertz CT molecular complexity index is 61.5. The van der Waals surface area contributed by atoms with Crippen molar-refractivity contribution in [3.8, 4) is 0 Å². The van der Waals surface area contributed by atoms with Crippen molar-refractivity contribution >= 4 is 0 Å². The Morgan fingerprint density at radius 2 is 2.00 bits per heavy atom. The molecular weight excluding hydrogens is 218 g/mol. The summed E-state index contributed by atoms with van der Waals surface area (Å²) in [6, 6.07) is 0. The molecule has 0 saturated heterocycles. The molecule has 0 aromatic heterocycles. The molecule has 0 rings (SSSR count). The summed E-state index contributed by atoms with van der Waals surface area (Å²) in [5.41, 5.74) is 7.52. The van der Waals surface area contributed by atoms with Gasteiger partial charge in [0.25, 0.3) is 0 Å². The number of hydrogen-bond donors (Lipinski definition) is 0. The molecule has 0 aromatic rings. The van der Waals surface area contributed by atoms with E-state index in [2.05, 4.69) is 10.0 Å². The molecule has 0 saturated carbocycles. The van der Waals surface area contributed by atoms with E-state index in [0.29, 0.717) is 6.54 Å². The van der Waals surface area contributed by atoms with Gasteiger partial charge in [-0.2, -0.15) is 0 Å². The van der Waals surface area contributed by atoms with Gasteiger partial charge in [0.15, 0.2) is 0 Å². The van der Waals surface area contributed by atoms with Crippen LogP contribution in [0.3, 0.4) is 0 Å². The summed E-state index contributed by atoms with van der Waals surface area (Å²) >= 11 is 0. The molecule has 44 valence electrons. The van der Waals surface area contributed by atoms with Gasteiger partial charge < -0.3 is 7.43 Å². The van der Waals surface area contributed by atoms with Gasteiger partial charge in [-0.3, -0.25) is 0 Å². The van der Waals surface area contributed by atoms with Crippen LogP contribution in [-0.2, 0) is 51.3 Å². The van der Waals surface area contributed by atoms with E-state index in [-0.39, 0.29) is 58.7 Å². The second-order valence-corrected chi connectivity index (χ2v) is 0.547. The van der Waals surface area contributed by atoms with Crippen molar-refractivity contribution in [3.05, 3.63) is 17.9 Å². The first-order chi connectivity index (χ1) is 2.41. The van der Waals surface area contributed by atoms with Crippen molar-refractivity contribution in [1.29, 1.82) is 0 Å². The van der Waals surface area contributed by atoms with Crippen LogP contribution in [0, 0.1) is 7.43 Å². The van der Waals surface area contributed by atoms with Crippen LogP contribution in [0.4, 0.5) is 0 Å². The Morgan fingerprint density at radius 3 is 2.00 bits per heavy atom. The number of azide groups is 1. The third-order valence-corrected chi connectivity index (χ3v) is 0.205. The fraction of sp³-hybridized carbons (Fsp3) is 0.667. The largest absolute Gasteiger partial charge is 0.358 e. The summed E-state index contributed by atoms with van der Waals surface area (Å²) in [6.07, 6.45) is 0. The van der Waals surface area contributed by atoms with Crippen LogP contribution in [0.15, 0.2) is 5.11 Å². The predicted molar refractivity (Wildman–Crippen MR) is 26.1 cm³/mol. The van der Waals surface area contributed by atoms with E-state index in [9.17, 15) is 0 Å². The molecule has 5 heteroatoms. The van der Waals surface area contributed by atoms with Crippen molar-refractivity contribution in [2.75, 3.05) is 6.54 Å². The maximum absolute atomic E-state index is 7.52. The normalized spacial score (nSPS) is 3.62. The van der Waals surface area contributed by atoms with Crippen LogP contribution >= 0.6 is 0 Å². The molecule has 0 aliphatic heterocycles. The van der Waals surface area contributed by atoms with Crippen molar-refractivity contribution in [2.45, 2.75) is 6.92 Å². The quantitative estimate of drug-likeness (QED) is 0.283. The van der Waals surface area contributed by atoms with Crippen LogP contribution in [0.2, 0.25) is 0 Å². The van der Waals surface area contributed by atoms with Crippen LogP contribution in [0.1, 0.15) is 6.92 Å². The minimum Gasteiger partial charge on any atom is -0.358 e. The van der Waals surface area contributed by atoms with Crippen LogP contribution in [0.5, 0.6) is 0 Å². The van der Waals surface area contributed by atoms with E-state index >= 15 is 0 Å². The Labute approximate surface area is 87.0 Å². The fourth-order valence-corrected chi connectivity index (χ4v) is 0.0632. The van der Waals surface area contributed by atoms with Crippen molar-refractivity contribution in [3.63, 3.8) is 0 Å². The van der Waals surface area contributed by atoms with Gasteiger partial charge in [0.2, 0.25) is 0 Å². The van der Waals surface area contributed by atoms with E-state index in [4.69, 9.17) is 5.53 Å². The topological polar surface area (TPSA) is 48.8 Å². The summed E-state index contributed by atoms with van der Waals surface area (Å²) in [6.45, 7) is 2.34. The Hall–Kier alpha value is 0.998. The maximum Gasteiger partial charge on any atom is 0.0229 e. The molecule has 0 amide bonds. The molecule has 0 heterocycles. The van der Waals surface area contributed by atoms with Gasteiger partial charge in [-0.05, 0) is 5.53 Å². The summed E-state index contributed by atoms with van der Waals surface area (Å²) in [7, 11) is 0. The predicted octanol–water partition coefficient (Wildman–Crippen LogP) is 1.76. The molecule has 0 spiro atoms. The summed E-state index contributed by atoms with van der Waals surface area (Å²) in [4.78, 5) is 2.48. The van der Waals surface area contributed by atoms with E-state index in [1.54, 1.807) is 6.92 Å². The maximum atomic E-state index is 7.52. The molecule has 0 fully saturated rings. The molecule has 0 aliphatic carbocycles. The van der Waals surface area contributed by atoms with E-state index < -0.39 is 0 Å². The first-order valence-electron chi connectivity index (χ1n) is 1.42. The number of hydrogen-bond acceptors (Lipinski definition) is 1. The van der Waals surface area contributed by atoms with E-state index in [1.807, 2.05) is 0 Å². The zero-order valence-electron chi connectivity index (χ0n) is 5.07. The van der Waals surface area contributed by atoms with Crippen molar-refractivity contribution in [1.82, 2.24) is 0 Å². The molecule has 0 unspecified atom stereocenters. The second-order valence-electron chi connectivity index (χ2n) is 0.547. The van der Waals surface area contributed by atoms with Gasteiger partial charge in [-0.15, -0.1) is 0 Å². The Kier molecular flexibility index (Phi) is 70.6. The second kappa shape index (κ2) is 24.5. The Morgan fingerprint density at radius 1 is 1.62 bits per heavy atom. The standard InChI is InChI=1S/C2H5N3.CH3.V.Y/c1-2-4-5-3;;;/h2H2,1H3;1H3;;/q;-1;;. The van der Waals surface area contributed by atoms with Gasteiger partial charge >= 0.3 is 0 Å². The van der Waals surface area contributed by atoms with Gasteiger partial charge in [-0.25, -0.2) is 0 Å². The van der Waals surface area contributed by atoms with Crippen molar-refractivity contribution < 1.29 is 51.3 Å². The van der Waals surface area contributed by atoms with Gasteiger partial charge in [0, 0.05) is 62.7 Å². The fourth-order valence-electron chi connectivity index (χ4n) is 0.0632. The zero-order valence-corrected chi connectivity index (χ0v) is 9.31. The molecule has 0 aromatic carbocycles. The van der Waals surface area contributed by atoms with E-state index in [0.717, 1.165) is 0 Å².